The third-order valence-electron chi connectivity index (χ3n) is 1.83. The van der Waals surface area contributed by atoms with E-state index in [-0.39, 0.29) is 0 Å². The van der Waals surface area contributed by atoms with Crippen molar-refractivity contribution in [3.05, 3.63) is 29.8 Å². The Balaban J connectivity index is 2.70. The maximum absolute atomic E-state index is 11.5. The molecule has 0 spiro atoms. The number of benzene rings is 1. The van der Waals surface area contributed by atoms with Crippen molar-refractivity contribution in [3.8, 4) is 6.07 Å². The highest BCUT2D eigenvalue weighted by molar-refractivity contribution is 6.37. The number of nitrogens with one attached hydrogen (secondary N) is 1. The van der Waals surface area contributed by atoms with E-state index in [1.807, 2.05) is 6.07 Å². The lowest BCUT2D eigenvalue weighted by Crippen LogP contribution is -2.32. The first kappa shape index (κ1) is 13.7. The van der Waals surface area contributed by atoms with Gasteiger partial charge in [-0.3, -0.25) is 4.79 Å². The van der Waals surface area contributed by atoms with Gasteiger partial charge in [0.1, 0.15) is 5.60 Å². The van der Waals surface area contributed by atoms with E-state index in [1.165, 1.54) is 6.07 Å². The number of amides is 1. The number of esters is 1. The van der Waals surface area contributed by atoms with Crippen LogP contribution in [0.4, 0.5) is 5.69 Å². The van der Waals surface area contributed by atoms with Gasteiger partial charge in [0.15, 0.2) is 0 Å². The maximum Gasteiger partial charge on any atom is 0.397 e. The fourth-order valence-electron chi connectivity index (χ4n) is 1.17. The quantitative estimate of drug-likeness (QED) is 0.605. The van der Waals surface area contributed by atoms with Gasteiger partial charge >= 0.3 is 11.9 Å². The second-order valence-corrected chi connectivity index (χ2v) is 4.65. The van der Waals surface area contributed by atoms with E-state index in [9.17, 15) is 9.59 Å². The summed E-state index contributed by atoms with van der Waals surface area (Å²) in [5, 5.41) is 11.1. The molecule has 0 saturated carbocycles. The summed E-state index contributed by atoms with van der Waals surface area (Å²) < 4.78 is 4.91. The van der Waals surface area contributed by atoms with E-state index < -0.39 is 17.5 Å². The Hall–Kier alpha value is -2.35. The molecule has 1 amide bonds. The lowest BCUT2D eigenvalue weighted by Gasteiger charge is -2.18. The molecule has 0 saturated heterocycles. The van der Waals surface area contributed by atoms with Crippen LogP contribution in [0.2, 0.25) is 0 Å². The zero-order valence-electron chi connectivity index (χ0n) is 10.5. The fraction of sp³-hybridized carbons (Fsp3) is 0.308. The molecular formula is C13H14N2O3. The van der Waals surface area contributed by atoms with Crippen LogP contribution >= 0.6 is 0 Å². The van der Waals surface area contributed by atoms with Gasteiger partial charge in [-0.1, -0.05) is 6.07 Å². The van der Waals surface area contributed by atoms with E-state index in [1.54, 1.807) is 39.0 Å². The molecule has 0 atom stereocenters. The summed E-state index contributed by atoms with van der Waals surface area (Å²) in [4.78, 5) is 22.9. The third kappa shape index (κ3) is 4.26. The van der Waals surface area contributed by atoms with Gasteiger partial charge < -0.3 is 10.1 Å². The van der Waals surface area contributed by atoms with E-state index >= 15 is 0 Å². The molecule has 0 heterocycles. The molecule has 0 fully saturated rings. The maximum atomic E-state index is 11.5. The van der Waals surface area contributed by atoms with Crippen molar-refractivity contribution in [2.75, 3.05) is 5.32 Å². The van der Waals surface area contributed by atoms with Gasteiger partial charge in [0.25, 0.3) is 0 Å². The van der Waals surface area contributed by atoms with Gasteiger partial charge in [-0.05, 0) is 39.0 Å². The van der Waals surface area contributed by atoms with Gasteiger partial charge in [0.2, 0.25) is 0 Å². The van der Waals surface area contributed by atoms with Gasteiger partial charge in [0.05, 0.1) is 11.6 Å². The summed E-state index contributed by atoms with van der Waals surface area (Å²) in [6.07, 6.45) is 0. The molecule has 1 N–H and O–H groups in total. The zero-order chi connectivity index (χ0) is 13.8. The highest BCUT2D eigenvalue weighted by Crippen LogP contribution is 2.11. The second-order valence-electron chi connectivity index (χ2n) is 4.65. The zero-order valence-corrected chi connectivity index (χ0v) is 10.5. The summed E-state index contributed by atoms with van der Waals surface area (Å²) in [7, 11) is 0. The molecule has 0 aliphatic heterocycles. The lowest BCUT2D eigenvalue weighted by atomic mass is 10.2. The molecule has 0 unspecified atom stereocenters. The Labute approximate surface area is 105 Å². The molecule has 0 aliphatic carbocycles. The lowest BCUT2D eigenvalue weighted by molar-refractivity contribution is -0.161. The first-order valence-corrected chi connectivity index (χ1v) is 5.36. The predicted octanol–water partition coefficient (Wildman–Crippen LogP) is 1.84. The summed E-state index contributed by atoms with van der Waals surface area (Å²) in [5.41, 5.74) is 0.0602. The molecule has 1 rings (SSSR count). The largest absolute Gasteiger partial charge is 0.453 e. The van der Waals surface area contributed by atoms with Crippen LogP contribution in [-0.4, -0.2) is 17.5 Å². The van der Waals surface area contributed by atoms with Crippen LogP contribution in [0.1, 0.15) is 26.3 Å². The highest BCUT2D eigenvalue weighted by atomic mass is 16.6. The van der Waals surface area contributed by atoms with Crippen molar-refractivity contribution in [2.24, 2.45) is 0 Å². The van der Waals surface area contributed by atoms with Crippen molar-refractivity contribution in [2.45, 2.75) is 26.4 Å². The molecule has 0 aliphatic rings. The highest BCUT2D eigenvalue weighted by Gasteiger charge is 2.22. The topological polar surface area (TPSA) is 79.2 Å². The van der Waals surface area contributed by atoms with Crippen LogP contribution in [0.5, 0.6) is 0 Å². The Morgan fingerprint density at radius 1 is 1.33 bits per heavy atom. The summed E-state index contributed by atoms with van der Waals surface area (Å²) >= 11 is 0. The average molecular weight is 246 g/mol. The number of nitriles is 1. The second kappa shape index (κ2) is 5.32. The Morgan fingerprint density at radius 3 is 2.56 bits per heavy atom. The first-order chi connectivity index (χ1) is 8.31. The predicted molar refractivity (Wildman–Crippen MR) is 65.6 cm³/mol. The molecule has 1 aromatic rings. The van der Waals surface area contributed by atoms with Crippen molar-refractivity contribution in [1.82, 2.24) is 0 Å². The van der Waals surface area contributed by atoms with Gasteiger partial charge in [0, 0.05) is 5.69 Å². The molecule has 5 nitrogen and oxygen atoms in total. The van der Waals surface area contributed by atoms with Gasteiger partial charge in [-0.2, -0.15) is 5.26 Å². The number of nitrogens with zero attached hydrogens (tertiary/aromatic N) is 1. The monoisotopic (exact) mass is 246 g/mol. The van der Waals surface area contributed by atoms with Crippen LogP contribution in [0.15, 0.2) is 24.3 Å². The van der Waals surface area contributed by atoms with Crippen molar-refractivity contribution in [1.29, 1.82) is 5.26 Å². The van der Waals surface area contributed by atoms with E-state index in [0.717, 1.165) is 0 Å². The smallest absolute Gasteiger partial charge is 0.397 e. The third-order valence-corrected chi connectivity index (χ3v) is 1.83. The Kier molecular flexibility index (Phi) is 4.05. The minimum absolute atomic E-state index is 0.380. The number of hydrogen-bond donors (Lipinski definition) is 1. The van der Waals surface area contributed by atoms with E-state index in [4.69, 9.17) is 10.00 Å². The number of rotatable bonds is 1. The standard InChI is InChI=1S/C13H14N2O3/c1-13(2,3)18-12(17)11(16)15-10-6-4-5-9(7-10)8-14/h4-7H,1-3H3,(H,15,16). The van der Waals surface area contributed by atoms with Crippen LogP contribution < -0.4 is 5.32 Å². The van der Waals surface area contributed by atoms with Crippen LogP contribution in [0.3, 0.4) is 0 Å². The summed E-state index contributed by atoms with van der Waals surface area (Å²) in [5.74, 6) is -1.81. The number of anilines is 1. The number of hydrogen-bond acceptors (Lipinski definition) is 4. The Bertz CT molecular complexity index is 510. The minimum atomic E-state index is -0.954. The van der Waals surface area contributed by atoms with Crippen LogP contribution in [0.25, 0.3) is 0 Å². The molecule has 94 valence electrons. The molecule has 0 aromatic heterocycles. The summed E-state index contributed by atoms with van der Waals surface area (Å²) in [6, 6.07) is 8.22. The van der Waals surface area contributed by atoms with Gasteiger partial charge in [-0.15, -0.1) is 0 Å². The van der Waals surface area contributed by atoms with Crippen molar-refractivity contribution >= 4 is 17.6 Å². The van der Waals surface area contributed by atoms with E-state index in [0.29, 0.717) is 11.3 Å². The average Bonchev–Trinajstić information content (AvgIpc) is 2.27. The molecule has 0 radical (unpaired) electrons. The van der Waals surface area contributed by atoms with Crippen molar-refractivity contribution in [3.63, 3.8) is 0 Å². The minimum Gasteiger partial charge on any atom is -0.453 e. The Morgan fingerprint density at radius 2 is 2.00 bits per heavy atom. The first-order valence-electron chi connectivity index (χ1n) is 5.36. The van der Waals surface area contributed by atoms with Crippen LogP contribution in [-0.2, 0) is 14.3 Å². The molecular weight excluding hydrogens is 232 g/mol. The SMILES string of the molecule is CC(C)(C)OC(=O)C(=O)Nc1cccc(C#N)c1. The number of carbonyl (C=O) groups excluding carboxylic acids is 2. The molecule has 5 heteroatoms. The molecule has 18 heavy (non-hydrogen) atoms. The molecule has 1 aromatic carbocycles. The van der Waals surface area contributed by atoms with Crippen LogP contribution in [0, 0.1) is 11.3 Å². The number of ether oxygens (including phenoxy) is 1. The summed E-state index contributed by atoms with van der Waals surface area (Å²) in [6.45, 7) is 5.03. The molecule has 0 bridgehead atoms. The van der Waals surface area contributed by atoms with Crippen molar-refractivity contribution < 1.29 is 14.3 Å². The normalized spacial score (nSPS) is 10.3. The fourth-order valence-corrected chi connectivity index (χ4v) is 1.17. The van der Waals surface area contributed by atoms with Gasteiger partial charge in [-0.25, -0.2) is 4.79 Å². The van der Waals surface area contributed by atoms with E-state index in [2.05, 4.69) is 5.32 Å². The number of carbonyl (C=O) groups is 2.